The Balaban J connectivity index is 1.59. The van der Waals surface area contributed by atoms with Crippen LogP contribution in [-0.2, 0) is 17.8 Å². The lowest BCUT2D eigenvalue weighted by molar-refractivity contribution is -0.145. The molecule has 1 N–H and O–H groups in total. The van der Waals surface area contributed by atoms with E-state index in [0.29, 0.717) is 40.8 Å². The lowest BCUT2D eigenvalue weighted by Gasteiger charge is -2.16. The van der Waals surface area contributed by atoms with Gasteiger partial charge in [0.25, 0.3) is 0 Å². The van der Waals surface area contributed by atoms with Crippen molar-refractivity contribution in [3.63, 3.8) is 0 Å². The van der Waals surface area contributed by atoms with E-state index in [1.807, 2.05) is 30.3 Å². The van der Waals surface area contributed by atoms with Gasteiger partial charge in [0.2, 0.25) is 6.10 Å². The summed E-state index contributed by atoms with van der Waals surface area (Å²) in [5.41, 5.74) is 1.70. The summed E-state index contributed by atoms with van der Waals surface area (Å²) in [7, 11) is 0. The predicted molar refractivity (Wildman–Crippen MR) is 134 cm³/mol. The highest BCUT2D eigenvalue weighted by Crippen LogP contribution is 2.23. The van der Waals surface area contributed by atoms with Crippen LogP contribution in [0.3, 0.4) is 0 Å². The molecule has 0 saturated heterocycles. The van der Waals surface area contributed by atoms with Gasteiger partial charge in [-0.3, -0.25) is 4.57 Å². The molecule has 0 spiro atoms. The number of halogens is 1. The maximum absolute atomic E-state index is 13.3. The van der Waals surface area contributed by atoms with Crippen LogP contribution >= 0.6 is 11.6 Å². The molecule has 4 rings (SSSR count). The van der Waals surface area contributed by atoms with Gasteiger partial charge in [0.15, 0.2) is 0 Å². The number of hydrogen-bond acceptors (Lipinski definition) is 4. The van der Waals surface area contributed by atoms with Gasteiger partial charge in [0.05, 0.1) is 17.3 Å². The molecule has 0 fully saturated rings. The minimum atomic E-state index is -1.11. The molecule has 180 valence electrons. The first-order chi connectivity index (χ1) is 17.0. The van der Waals surface area contributed by atoms with E-state index in [9.17, 15) is 14.7 Å². The summed E-state index contributed by atoms with van der Waals surface area (Å²) in [5.74, 6) is 0.0433. The largest absolute Gasteiger partial charge is 0.478 e. The van der Waals surface area contributed by atoms with Gasteiger partial charge < -0.3 is 9.84 Å². The van der Waals surface area contributed by atoms with Crippen molar-refractivity contribution >= 4 is 17.6 Å². The molecule has 0 saturated carbocycles. The van der Waals surface area contributed by atoms with E-state index in [-0.39, 0.29) is 5.69 Å². The Bertz CT molecular complexity index is 1350. The average Bonchev–Trinajstić information content (AvgIpc) is 3.17. The number of unbranched alkanes of at least 4 members (excludes halogenated alkanes) is 1. The maximum Gasteiger partial charge on any atom is 0.351 e. The summed E-state index contributed by atoms with van der Waals surface area (Å²) in [6, 6.07) is 23.0. The SMILES string of the molecule is CCCCc1nn(-c2ccccc2Cl)c(=O)n1Cc1ccc(OC(C(=O)O)c2ccccc2)cc1. The molecule has 7 nitrogen and oxygen atoms in total. The molecule has 0 amide bonds. The van der Waals surface area contributed by atoms with Crippen molar-refractivity contribution in [2.24, 2.45) is 0 Å². The van der Waals surface area contributed by atoms with E-state index in [4.69, 9.17) is 16.3 Å². The fraction of sp³-hybridized carbons (Fsp3) is 0.222. The normalized spacial score (nSPS) is 11.8. The first-order valence-electron chi connectivity index (χ1n) is 11.4. The molecule has 1 unspecified atom stereocenters. The summed E-state index contributed by atoms with van der Waals surface area (Å²) >= 11 is 6.32. The fourth-order valence-electron chi connectivity index (χ4n) is 3.78. The molecule has 4 aromatic rings. The third-order valence-electron chi connectivity index (χ3n) is 5.62. The quantitative estimate of drug-likeness (QED) is 0.326. The first-order valence-corrected chi connectivity index (χ1v) is 11.8. The lowest BCUT2D eigenvalue weighted by Crippen LogP contribution is -2.25. The van der Waals surface area contributed by atoms with Gasteiger partial charge in [-0.05, 0) is 36.2 Å². The molecule has 8 heteroatoms. The lowest BCUT2D eigenvalue weighted by atomic mass is 10.1. The molecule has 1 atom stereocenters. The van der Waals surface area contributed by atoms with E-state index >= 15 is 0 Å². The van der Waals surface area contributed by atoms with Crippen LogP contribution < -0.4 is 10.4 Å². The molecular formula is C27H26ClN3O4. The number of rotatable bonds is 10. The van der Waals surface area contributed by atoms with Crippen LogP contribution in [0.25, 0.3) is 5.69 Å². The summed E-state index contributed by atoms with van der Waals surface area (Å²) < 4.78 is 8.74. The Morgan fingerprint density at radius 3 is 2.37 bits per heavy atom. The number of nitrogens with zero attached hydrogens (tertiary/aromatic N) is 3. The number of carboxylic acids is 1. The van der Waals surface area contributed by atoms with Crippen molar-refractivity contribution in [3.05, 3.63) is 111 Å². The predicted octanol–water partition coefficient (Wildman–Crippen LogP) is 5.28. The van der Waals surface area contributed by atoms with Gasteiger partial charge in [-0.1, -0.05) is 79.5 Å². The highest BCUT2D eigenvalue weighted by molar-refractivity contribution is 6.32. The molecule has 0 bridgehead atoms. The van der Waals surface area contributed by atoms with E-state index in [2.05, 4.69) is 12.0 Å². The van der Waals surface area contributed by atoms with Gasteiger partial charge in [0.1, 0.15) is 11.6 Å². The summed E-state index contributed by atoms with van der Waals surface area (Å²) in [6.07, 6.45) is 1.44. The Labute approximate surface area is 208 Å². The number of hydrogen-bond donors (Lipinski definition) is 1. The fourth-order valence-corrected chi connectivity index (χ4v) is 3.99. The van der Waals surface area contributed by atoms with Crippen molar-refractivity contribution in [1.82, 2.24) is 14.3 Å². The van der Waals surface area contributed by atoms with Crippen molar-refractivity contribution in [2.75, 3.05) is 0 Å². The second-order valence-corrected chi connectivity index (χ2v) is 8.55. The minimum absolute atomic E-state index is 0.264. The molecule has 1 heterocycles. The number of para-hydroxylation sites is 1. The van der Waals surface area contributed by atoms with Gasteiger partial charge in [-0.15, -0.1) is 5.10 Å². The van der Waals surface area contributed by atoms with Crippen molar-refractivity contribution < 1.29 is 14.6 Å². The van der Waals surface area contributed by atoms with E-state index in [0.717, 1.165) is 18.4 Å². The summed E-state index contributed by atoms with van der Waals surface area (Å²) in [4.78, 5) is 25.0. The second-order valence-electron chi connectivity index (χ2n) is 8.14. The first kappa shape index (κ1) is 24.3. The van der Waals surface area contributed by atoms with E-state index in [1.54, 1.807) is 53.1 Å². The Morgan fingerprint density at radius 1 is 1.03 bits per heavy atom. The molecule has 3 aromatic carbocycles. The number of benzene rings is 3. The van der Waals surface area contributed by atoms with Gasteiger partial charge >= 0.3 is 11.7 Å². The van der Waals surface area contributed by atoms with Crippen LogP contribution in [0.4, 0.5) is 0 Å². The second kappa shape index (κ2) is 11.1. The number of ether oxygens (including phenoxy) is 1. The zero-order chi connectivity index (χ0) is 24.8. The Morgan fingerprint density at radius 2 is 1.71 bits per heavy atom. The van der Waals surface area contributed by atoms with Crippen LogP contribution in [0, 0.1) is 0 Å². The highest BCUT2D eigenvalue weighted by Gasteiger charge is 2.22. The van der Waals surface area contributed by atoms with E-state index < -0.39 is 12.1 Å². The maximum atomic E-state index is 13.3. The van der Waals surface area contributed by atoms with Crippen LogP contribution in [0.15, 0.2) is 83.7 Å². The van der Waals surface area contributed by atoms with Crippen molar-refractivity contribution in [2.45, 2.75) is 38.8 Å². The molecule has 35 heavy (non-hydrogen) atoms. The zero-order valence-electron chi connectivity index (χ0n) is 19.3. The summed E-state index contributed by atoms with van der Waals surface area (Å²) in [5, 5.41) is 14.6. The third-order valence-corrected chi connectivity index (χ3v) is 5.94. The van der Waals surface area contributed by atoms with Crippen molar-refractivity contribution in [1.29, 1.82) is 0 Å². The Hall–Kier alpha value is -3.84. The number of aromatic nitrogens is 3. The number of aryl methyl sites for hydroxylation is 1. The highest BCUT2D eigenvalue weighted by atomic mass is 35.5. The molecular weight excluding hydrogens is 466 g/mol. The number of aliphatic carboxylic acids is 1. The molecule has 0 aliphatic carbocycles. The zero-order valence-corrected chi connectivity index (χ0v) is 20.1. The van der Waals surface area contributed by atoms with Gasteiger partial charge in [0, 0.05) is 12.0 Å². The van der Waals surface area contributed by atoms with Gasteiger partial charge in [-0.25, -0.2) is 9.59 Å². The van der Waals surface area contributed by atoms with E-state index in [1.165, 1.54) is 4.68 Å². The molecule has 0 aliphatic rings. The Kier molecular flexibility index (Phi) is 7.67. The average molecular weight is 492 g/mol. The van der Waals surface area contributed by atoms with Crippen molar-refractivity contribution in [3.8, 4) is 11.4 Å². The van der Waals surface area contributed by atoms with Crippen LogP contribution in [0.5, 0.6) is 5.75 Å². The van der Waals surface area contributed by atoms with Crippen LogP contribution in [-0.4, -0.2) is 25.4 Å². The smallest absolute Gasteiger partial charge is 0.351 e. The number of carboxylic acid groups (broad SMARTS) is 1. The van der Waals surface area contributed by atoms with Crippen LogP contribution in [0.2, 0.25) is 5.02 Å². The monoisotopic (exact) mass is 491 g/mol. The number of carbonyl (C=O) groups is 1. The molecule has 0 aliphatic heterocycles. The van der Waals surface area contributed by atoms with Gasteiger partial charge in [-0.2, -0.15) is 4.68 Å². The minimum Gasteiger partial charge on any atom is -0.478 e. The topological polar surface area (TPSA) is 86.4 Å². The molecule has 1 aromatic heterocycles. The molecule has 0 radical (unpaired) electrons. The standard InChI is InChI=1S/C27H26ClN3O4/c1-2-3-13-24-29-31(23-12-8-7-11-22(23)28)27(34)30(24)18-19-14-16-21(17-15-19)35-25(26(32)33)20-9-5-4-6-10-20/h4-12,14-17,25H,2-3,13,18H2,1H3,(H,32,33). The summed E-state index contributed by atoms with van der Waals surface area (Å²) in [6.45, 7) is 2.41. The third kappa shape index (κ3) is 5.63. The van der Waals surface area contributed by atoms with Crippen LogP contribution in [0.1, 0.15) is 42.8 Å².